The molecular formula is C40H75NO8. The molecule has 6 N–H and O–H groups in total. The zero-order chi connectivity index (χ0) is 36.0. The van der Waals surface area contributed by atoms with Crippen molar-refractivity contribution in [1.29, 1.82) is 0 Å². The number of aliphatic hydroxyl groups excluding tert-OH is 5. The molecule has 1 saturated heterocycles. The van der Waals surface area contributed by atoms with Crippen LogP contribution in [-0.4, -0.2) is 87.5 Å². The average molecular weight is 698 g/mol. The van der Waals surface area contributed by atoms with Crippen LogP contribution in [0.3, 0.4) is 0 Å². The van der Waals surface area contributed by atoms with Crippen LogP contribution in [0.25, 0.3) is 0 Å². The Hall–Kier alpha value is -1.33. The van der Waals surface area contributed by atoms with Gasteiger partial charge in [0, 0.05) is 6.42 Å². The lowest BCUT2D eigenvalue weighted by atomic mass is 9.99. The van der Waals surface area contributed by atoms with Crippen molar-refractivity contribution < 1.29 is 39.8 Å². The van der Waals surface area contributed by atoms with Gasteiger partial charge in [-0.3, -0.25) is 4.79 Å². The molecule has 0 aromatic heterocycles. The normalized spacial score (nSPS) is 22.6. The summed E-state index contributed by atoms with van der Waals surface area (Å²) in [6.07, 6.45) is 27.5. The zero-order valence-corrected chi connectivity index (χ0v) is 31.2. The first-order valence-electron chi connectivity index (χ1n) is 20.0. The molecule has 0 saturated carbocycles. The van der Waals surface area contributed by atoms with Crippen molar-refractivity contribution in [2.75, 3.05) is 13.2 Å². The van der Waals surface area contributed by atoms with Crippen LogP contribution in [-0.2, 0) is 14.3 Å². The van der Waals surface area contributed by atoms with Gasteiger partial charge in [0.1, 0.15) is 24.4 Å². The predicted octanol–water partition coefficient (Wildman–Crippen LogP) is 7.16. The van der Waals surface area contributed by atoms with E-state index in [1.807, 2.05) is 0 Å². The molecular weight excluding hydrogens is 622 g/mol. The summed E-state index contributed by atoms with van der Waals surface area (Å²) in [6.45, 7) is 3.77. The SMILES string of the molecule is CCCCCC/C=C\C/C=C\CCCCCCCC(=O)NC(COC1OC(CO)C(O)C(O)C1O)C(O)CCCCCCCCCCCC. The number of ether oxygens (including phenoxy) is 2. The van der Waals surface area contributed by atoms with Gasteiger partial charge in [0.05, 0.1) is 25.4 Å². The molecule has 1 amide bonds. The van der Waals surface area contributed by atoms with Crippen molar-refractivity contribution in [2.45, 2.75) is 211 Å². The molecule has 0 aromatic carbocycles. The Morgan fingerprint density at radius 2 is 1.20 bits per heavy atom. The number of amides is 1. The van der Waals surface area contributed by atoms with Crippen molar-refractivity contribution >= 4 is 5.91 Å². The highest BCUT2D eigenvalue weighted by molar-refractivity contribution is 5.76. The van der Waals surface area contributed by atoms with Gasteiger partial charge >= 0.3 is 0 Å². The smallest absolute Gasteiger partial charge is 0.220 e. The van der Waals surface area contributed by atoms with E-state index >= 15 is 0 Å². The van der Waals surface area contributed by atoms with Gasteiger partial charge < -0.3 is 40.3 Å². The molecule has 9 heteroatoms. The monoisotopic (exact) mass is 698 g/mol. The van der Waals surface area contributed by atoms with E-state index in [1.54, 1.807) is 0 Å². The first-order valence-corrected chi connectivity index (χ1v) is 20.0. The number of hydrogen-bond acceptors (Lipinski definition) is 8. The fourth-order valence-corrected chi connectivity index (χ4v) is 6.25. The van der Waals surface area contributed by atoms with E-state index in [4.69, 9.17) is 9.47 Å². The minimum atomic E-state index is -1.55. The third kappa shape index (κ3) is 23.0. The average Bonchev–Trinajstić information content (AvgIpc) is 3.10. The van der Waals surface area contributed by atoms with Gasteiger partial charge in [-0.1, -0.05) is 141 Å². The van der Waals surface area contributed by atoms with Crippen molar-refractivity contribution in [3.8, 4) is 0 Å². The zero-order valence-electron chi connectivity index (χ0n) is 31.2. The van der Waals surface area contributed by atoms with E-state index in [-0.39, 0.29) is 12.5 Å². The second-order valence-electron chi connectivity index (χ2n) is 14.1. The first kappa shape index (κ1) is 45.7. The largest absolute Gasteiger partial charge is 0.394 e. The van der Waals surface area contributed by atoms with Crippen LogP contribution in [0.5, 0.6) is 0 Å². The number of carbonyl (C=O) groups is 1. The topological polar surface area (TPSA) is 149 Å². The van der Waals surface area contributed by atoms with E-state index in [0.717, 1.165) is 64.2 Å². The highest BCUT2D eigenvalue weighted by Crippen LogP contribution is 2.23. The number of carbonyl (C=O) groups excluding carboxylic acids is 1. The molecule has 0 radical (unpaired) electrons. The predicted molar refractivity (Wildman–Crippen MR) is 198 cm³/mol. The summed E-state index contributed by atoms with van der Waals surface area (Å²) in [7, 11) is 0. The van der Waals surface area contributed by atoms with Crippen molar-refractivity contribution in [3.63, 3.8) is 0 Å². The maximum Gasteiger partial charge on any atom is 0.220 e. The summed E-state index contributed by atoms with van der Waals surface area (Å²) in [5.41, 5.74) is 0. The molecule has 0 aromatic rings. The summed E-state index contributed by atoms with van der Waals surface area (Å²) in [4.78, 5) is 12.9. The van der Waals surface area contributed by atoms with Gasteiger partial charge in [-0.2, -0.15) is 0 Å². The number of rotatable bonds is 32. The maximum atomic E-state index is 12.9. The van der Waals surface area contributed by atoms with E-state index in [2.05, 4.69) is 43.5 Å². The second kappa shape index (κ2) is 31.4. The van der Waals surface area contributed by atoms with Crippen LogP contribution in [0.15, 0.2) is 24.3 Å². The quantitative estimate of drug-likeness (QED) is 0.0320. The van der Waals surface area contributed by atoms with Crippen LogP contribution in [0.2, 0.25) is 0 Å². The molecule has 1 fully saturated rings. The van der Waals surface area contributed by atoms with Crippen molar-refractivity contribution in [1.82, 2.24) is 5.32 Å². The van der Waals surface area contributed by atoms with Gasteiger partial charge in [0.2, 0.25) is 5.91 Å². The second-order valence-corrected chi connectivity index (χ2v) is 14.1. The molecule has 7 atom stereocenters. The fourth-order valence-electron chi connectivity index (χ4n) is 6.25. The van der Waals surface area contributed by atoms with Gasteiger partial charge in [0.25, 0.3) is 0 Å². The fraction of sp³-hybridized carbons (Fsp3) is 0.875. The lowest BCUT2D eigenvalue weighted by Gasteiger charge is -2.40. The Morgan fingerprint density at radius 3 is 1.78 bits per heavy atom. The van der Waals surface area contributed by atoms with Gasteiger partial charge in [0.15, 0.2) is 6.29 Å². The molecule has 1 heterocycles. The molecule has 288 valence electrons. The van der Waals surface area contributed by atoms with Crippen LogP contribution >= 0.6 is 0 Å². The number of hydrogen-bond donors (Lipinski definition) is 6. The molecule has 9 nitrogen and oxygen atoms in total. The molecule has 0 aliphatic carbocycles. The molecule has 7 unspecified atom stereocenters. The maximum absolute atomic E-state index is 12.9. The Bertz CT molecular complexity index is 822. The molecule has 1 aliphatic rings. The van der Waals surface area contributed by atoms with Crippen molar-refractivity contribution in [3.05, 3.63) is 24.3 Å². The first-order chi connectivity index (χ1) is 23.8. The Labute approximate surface area is 298 Å². The van der Waals surface area contributed by atoms with E-state index in [9.17, 15) is 30.3 Å². The van der Waals surface area contributed by atoms with Crippen LogP contribution < -0.4 is 5.32 Å². The summed E-state index contributed by atoms with van der Waals surface area (Å²) < 4.78 is 11.2. The third-order valence-corrected chi connectivity index (χ3v) is 9.56. The molecule has 1 rings (SSSR count). The van der Waals surface area contributed by atoms with Gasteiger partial charge in [-0.05, 0) is 44.9 Å². The van der Waals surface area contributed by atoms with Crippen LogP contribution in [0.4, 0.5) is 0 Å². The lowest BCUT2D eigenvalue weighted by molar-refractivity contribution is -0.302. The molecule has 0 bridgehead atoms. The highest BCUT2D eigenvalue weighted by Gasteiger charge is 2.44. The summed E-state index contributed by atoms with van der Waals surface area (Å²) in [6, 6.07) is -0.721. The van der Waals surface area contributed by atoms with E-state index in [1.165, 1.54) is 77.0 Å². The Kier molecular flexibility index (Phi) is 29.3. The molecule has 49 heavy (non-hydrogen) atoms. The number of unbranched alkanes of at least 4 members (excludes halogenated alkanes) is 18. The standard InChI is InChI=1S/C40H75NO8/c1-3-5-7-9-11-13-15-16-17-18-19-20-22-24-26-28-30-36(44)41-33(32-48-40-39(47)38(46)37(45)35(31-42)49-40)34(43)29-27-25-23-21-14-12-10-8-6-4-2/h13,15,17-18,33-35,37-40,42-43,45-47H,3-12,14,16,19-32H2,1-2H3,(H,41,44)/b15-13-,18-17-. The Balaban J connectivity index is 2.40. The van der Waals surface area contributed by atoms with Crippen molar-refractivity contribution in [2.24, 2.45) is 0 Å². The van der Waals surface area contributed by atoms with E-state index < -0.39 is 49.5 Å². The van der Waals surface area contributed by atoms with Crippen LogP contribution in [0.1, 0.15) is 168 Å². The summed E-state index contributed by atoms with van der Waals surface area (Å²) >= 11 is 0. The minimum absolute atomic E-state index is 0.143. The molecule has 1 aliphatic heterocycles. The van der Waals surface area contributed by atoms with Gasteiger partial charge in [-0.25, -0.2) is 0 Å². The Morgan fingerprint density at radius 1 is 0.694 bits per heavy atom. The molecule has 0 spiro atoms. The van der Waals surface area contributed by atoms with Crippen LogP contribution in [0, 0.1) is 0 Å². The number of nitrogens with one attached hydrogen (secondary N) is 1. The van der Waals surface area contributed by atoms with Gasteiger partial charge in [-0.15, -0.1) is 0 Å². The highest BCUT2D eigenvalue weighted by atomic mass is 16.7. The number of aliphatic hydroxyl groups is 5. The minimum Gasteiger partial charge on any atom is -0.394 e. The summed E-state index contributed by atoms with van der Waals surface area (Å²) in [5, 5.41) is 54.0. The summed E-state index contributed by atoms with van der Waals surface area (Å²) in [5.74, 6) is -0.161. The third-order valence-electron chi connectivity index (χ3n) is 9.56. The number of allylic oxidation sites excluding steroid dienone is 4. The lowest BCUT2D eigenvalue weighted by Crippen LogP contribution is -2.60. The van der Waals surface area contributed by atoms with E-state index in [0.29, 0.717) is 12.8 Å².